The van der Waals surface area contributed by atoms with E-state index in [9.17, 15) is 4.57 Å². The molecule has 84 valence electrons. The highest BCUT2D eigenvalue weighted by Crippen LogP contribution is 2.71. The molecule has 3 unspecified atom stereocenters. The molecule has 14 heavy (non-hydrogen) atoms. The van der Waals surface area contributed by atoms with Crippen molar-refractivity contribution in [1.82, 2.24) is 0 Å². The highest BCUT2D eigenvalue weighted by Gasteiger charge is 2.45. The van der Waals surface area contributed by atoms with E-state index in [-0.39, 0.29) is 5.85 Å². The first kappa shape index (κ1) is 12.6. The van der Waals surface area contributed by atoms with E-state index in [2.05, 4.69) is 0 Å². The monoisotopic (exact) mass is 240 g/mol. The summed E-state index contributed by atoms with van der Waals surface area (Å²) in [4.78, 5) is 0. The summed E-state index contributed by atoms with van der Waals surface area (Å²) in [6.07, 6.45) is 0.725. The van der Waals surface area contributed by atoms with Gasteiger partial charge in [-0.3, -0.25) is 4.57 Å². The number of hydrogen-bond donors (Lipinski definition) is 0. The lowest BCUT2D eigenvalue weighted by Crippen LogP contribution is -2.05. The molecule has 0 spiro atoms. The van der Waals surface area contributed by atoms with Crippen molar-refractivity contribution in [3.8, 4) is 0 Å². The molecular weight excluding hydrogens is 222 g/mol. The molecule has 0 amide bonds. The van der Waals surface area contributed by atoms with Gasteiger partial charge in [0.2, 0.25) is 7.37 Å². The van der Waals surface area contributed by atoms with Crippen LogP contribution in [-0.4, -0.2) is 25.0 Å². The minimum absolute atomic E-state index is 0.250. The van der Waals surface area contributed by atoms with Gasteiger partial charge in [0.25, 0.3) is 0 Å². The van der Waals surface area contributed by atoms with E-state index in [1.807, 2.05) is 20.8 Å². The molecule has 6 heteroatoms. The van der Waals surface area contributed by atoms with Crippen LogP contribution in [0.4, 0.5) is 0 Å². The summed E-state index contributed by atoms with van der Waals surface area (Å²) in [7, 11) is -3.56. The summed E-state index contributed by atoms with van der Waals surface area (Å²) >= 11 is 0. The Morgan fingerprint density at radius 2 is 2.14 bits per heavy atom. The predicted octanol–water partition coefficient (Wildman–Crippen LogP) is 3.37. The third-order valence-corrected chi connectivity index (χ3v) is 7.71. The number of rotatable bonds is 5. The first-order chi connectivity index (χ1) is 6.66. The minimum Gasteiger partial charge on any atom is -0.334 e. The molecule has 1 rings (SSSR count). The van der Waals surface area contributed by atoms with Crippen LogP contribution in [-0.2, 0) is 18.1 Å². The van der Waals surface area contributed by atoms with Crippen molar-refractivity contribution in [3.05, 3.63) is 0 Å². The average molecular weight is 240 g/mol. The number of hydrogen-bond acceptors (Lipinski definition) is 4. The van der Waals surface area contributed by atoms with Gasteiger partial charge in [0.15, 0.2) is 8.38 Å². The molecule has 0 saturated carbocycles. The lowest BCUT2D eigenvalue weighted by Gasteiger charge is -2.15. The molecular formula is C8H18O4P2. The Bertz CT molecular complexity index is 221. The minimum atomic E-state index is -2.58. The summed E-state index contributed by atoms with van der Waals surface area (Å²) in [5, 5.41) is 0. The lowest BCUT2D eigenvalue weighted by atomic mass is 10.5. The first-order valence-electron chi connectivity index (χ1n) is 4.96. The molecule has 0 radical (unpaired) electrons. The largest absolute Gasteiger partial charge is 0.334 e. The van der Waals surface area contributed by atoms with Crippen LogP contribution in [0.2, 0.25) is 0 Å². The van der Waals surface area contributed by atoms with E-state index >= 15 is 0 Å². The SMILES string of the molecule is CCOP1CP(=O)(OCC)C(CC)O1. The Kier molecular flexibility index (Phi) is 5.02. The summed E-state index contributed by atoms with van der Waals surface area (Å²) in [6.45, 7) is 6.81. The van der Waals surface area contributed by atoms with E-state index in [4.69, 9.17) is 13.6 Å². The molecule has 1 fully saturated rings. The van der Waals surface area contributed by atoms with Crippen molar-refractivity contribution in [3.63, 3.8) is 0 Å². The molecule has 1 aliphatic heterocycles. The van der Waals surface area contributed by atoms with Gasteiger partial charge >= 0.3 is 0 Å². The van der Waals surface area contributed by atoms with Gasteiger partial charge < -0.3 is 13.6 Å². The molecule has 1 aliphatic rings. The van der Waals surface area contributed by atoms with Gasteiger partial charge in [-0.05, 0) is 20.3 Å². The van der Waals surface area contributed by atoms with E-state index in [0.717, 1.165) is 6.42 Å². The van der Waals surface area contributed by atoms with Crippen molar-refractivity contribution in [1.29, 1.82) is 0 Å². The van der Waals surface area contributed by atoms with Crippen LogP contribution in [0.3, 0.4) is 0 Å². The van der Waals surface area contributed by atoms with Crippen LogP contribution < -0.4 is 0 Å². The zero-order valence-electron chi connectivity index (χ0n) is 8.93. The maximum atomic E-state index is 12.2. The van der Waals surface area contributed by atoms with Crippen LogP contribution in [0, 0.1) is 0 Å². The third-order valence-electron chi connectivity index (χ3n) is 1.96. The van der Waals surface area contributed by atoms with Gasteiger partial charge in [-0.1, -0.05) is 6.92 Å². The third kappa shape index (κ3) is 2.77. The summed E-state index contributed by atoms with van der Waals surface area (Å²) in [6, 6.07) is 0. The molecule has 3 atom stereocenters. The maximum Gasteiger partial charge on any atom is 0.240 e. The van der Waals surface area contributed by atoms with Crippen LogP contribution >= 0.6 is 15.7 Å². The Labute approximate surface area is 86.7 Å². The molecule has 0 aromatic carbocycles. The van der Waals surface area contributed by atoms with Gasteiger partial charge in [-0.15, -0.1) is 0 Å². The second-order valence-electron chi connectivity index (χ2n) is 3.00. The van der Waals surface area contributed by atoms with E-state index in [1.165, 1.54) is 0 Å². The standard InChI is InChI=1S/C8H18O4P2/c1-4-8-12-13(10-5-2)7-14(8,9)11-6-3/h8H,4-7H2,1-3H3. The first-order valence-corrected chi connectivity index (χ1v) is 8.21. The Hall–Kier alpha value is 0.540. The van der Waals surface area contributed by atoms with Crippen LogP contribution in [0.5, 0.6) is 0 Å². The molecule has 4 nitrogen and oxygen atoms in total. The van der Waals surface area contributed by atoms with Crippen molar-refractivity contribution in [2.45, 2.75) is 33.0 Å². The predicted molar refractivity (Wildman–Crippen MR) is 57.8 cm³/mol. The van der Waals surface area contributed by atoms with Crippen molar-refractivity contribution < 1.29 is 18.1 Å². The fourth-order valence-corrected chi connectivity index (χ4v) is 7.16. The Balaban J connectivity index is 2.61. The fraction of sp³-hybridized carbons (Fsp3) is 1.00. The van der Waals surface area contributed by atoms with Gasteiger partial charge in [0.1, 0.15) is 5.85 Å². The topological polar surface area (TPSA) is 44.8 Å². The van der Waals surface area contributed by atoms with Gasteiger partial charge in [0.05, 0.1) is 19.1 Å². The zero-order valence-corrected chi connectivity index (χ0v) is 10.7. The normalized spacial score (nSPS) is 37.6. The maximum absolute atomic E-state index is 12.2. The second kappa shape index (κ2) is 5.58. The summed E-state index contributed by atoms with van der Waals surface area (Å²) in [5.74, 6) is 0.211. The molecule has 0 aromatic rings. The quantitative estimate of drug-likeness (QED) is 0.691. The molecule has 1 heterocycles. The summed E-state index contributed by atoms with van der Waals surface area (Å²) < 4.78 is 28.5. The fourth-order valence-electron chi connectivity index (χ4n) is 1.40. The highest BCUT2D eigenvalue weighted by atomic mass is 31.2. The van der Waals surface area contributed by atoms with Crippen molar-refractivity contribution in [2.75, 3.05) is 19.1 Å². The van der Waals surface area contributed by atoms with E-state index in [1.54, 1.807) is 0 Å². The Morgan fingerprint density at radius 1 is 1.43 bits per heavy atom. The van der Waals surface area contributed by atoms with E-state index in [0.29, 0.717) is 19.1 Å². The van der Waals surface area contributed by atoms with Crippen molar-refractivity contribution >= 4 is 15.7 Å². The molecule has 1 saturated heterocycles. The summed E-state index contributed by atoms with van der Waals surface area (Å²) in [5.41, 5.74) is 0. The van der Waals surface area contributed by atoms with E-state index < -0.39 is 15.7 Å². The highest BCUT2D eigenvalue weighted by molar-refractivity contribution is 7.74. The molecule has 0 N–H and O–H groups in total. The smallest absolute Gasteiger partial charge is 0.240 e. The zero-order chi connectivity index (χ0) is 10.6. The molecule has 0 bridgehead atoms. The van der Waals surface area contributed by atoms with Crippen molar-refractivity contribution in [2.24, 2.45) is 0 Å². The second-order valence-corrected chi connectivity index (χ2v) is 7.56. The van der Waals surface area contributed by atoms with Gasteiger partial charge in [-0.25, -0.2) is 0 Å². The molecule has 0 aliphatic carbocycles. The Morgan fingerprint density at radius 3 is 2.64 bits per heavy atom. The van der Waals surface area contributed by atoms with Gasteiger partial charge in [-0.2, -0.15) is 0 Å². The lowest BCUT2D eigenvalue weighted by molar-refractivity contribution is 0.225. The molecule has 0 aromatic heterocycles. The van der Waals surface area contributed by atoms with Crippen LogP contribution in [0.25, 0.3) is 0 Å². The van der Waals surface area contributed by atoms with Gasteiger partial charge in [0, 0.05) is 0 Å². The average Bonchev–Trinajstić information content (AvgIpc) is 2.43. The van der Waals surface area contributed by atoms with Crippen LogP contribution in [0.15, 0.2) is 0 Å². The van der Waals surface area contributed by atoms with Crippen LogP contribution in [0.1, 0.15) is 27.2 Å².